The topological polar surface area (TPSA) is 15.3 Å². The molecule has 1 aromatic carbocycles. The second kappa shape index (κ2) is 6.82. The van der Waals surface area contributed by atoms with E-state index >= 15 is 0 Å². The van der Waals surface area contributed by atoms with E-state index in [1.165, 1.54) is 0 Å². The molecule has 4 heteroatoms. The lowest BCUT2D eigenvalue weighted by Crippen LogP contribution is -2.45. The lowest BCUT2D eigenvalue weighted by Gasteiger charge is -2.35. The summed E-state index contributed by atoms with van der Waals surface area (Å²) in [7, 11) is 0. The van der Waals surface area contributed by atoms with Crippen molar-refractivity contribution in [2.75, 3.05) is 26.2 Å². The van der Waals surface area contributed by atoms with Crippen molar-refractivity contribution in [2.45, 2.75) is 25.8 Å². The molecule has 0 aromatic heterocycles. The van der Waals surface area contributed by atoms with Gasteiger partial charge in [0.1, 0.15) is 5.82 Å². The van der Waals surface area contributed by atoms with Crippen molar-refractivity contribution < 1.29 is 4.39 Å². The molecule has 2 rings (SSSR count). The molecule has 1 aliphatic heterocycles. The van der Waals surface area contributed by atoms with Crippen LogP contribution in [0.25, 0.3) is 0 Å². The first kappa shape index (κ1) is 14.2. The highest BCUT2D eigenvalue weighted by molar-refractivity contribution is 14.1. The van der Waals surface area contributed by atoms with E-state index in [1.807, 2.05) is 12.1 Å². The number of hydrogen-bond donors (Lipinski definition) is 1. The number of nitrogens with zero attached hydrogens (tertiary/aromatic N) is 1. The third-order valence-corrected chi connectivity index (χ3v) is 4.14. The Kier molecular flexibility index (Phi) is 5.38. The van der Waals surface area contributed by atoms with Crippen molar-refractivity contribution in [2.24, 2.45) is 0 Å². The molecule has 0 unspecified atom stereocenters. The van der Waals surface area contributed by atoms with Crippen LogP contribution in [0.4, 0.5) is 4.39 Å². The zero-order chi connectivity index (χ0) is 13.0. The molecule has 1 saturated heterocycles. The van der Waals surface area contributed by atoms with Crippen molar-refractivity contribution in [1.82, 2.24) is 10.2 Å². The van der Waals surface area contributed by atoms with Gasteiger partial charge in [0, 0.05) is 41.4 Å². The van der Waals surface area contributed by atoms with E-state index in [9.17, 15) is 4.39 Å². The van der Waals surface area contributed by atoms with Crippen molar-refractivity contribution in [3.8, 4) is 0 Å². The van der Waals surface area contributed by atoms with E-state index in [2.05, 4.69) is 39.7 Å². The van der Waals surface area contributed by atoms with Gasteiger partial charge in [0.25, 0.3) is 0 Å². The van der Waals surface area contributed by atoms with Crippen molar-refractivity contribution in [1.29, 1.82) is 0 Å². The van der Waals surface area contributed by atoms with E-state index in [0.717, 1.165) is 48.2 Å². The number of hydrogen-bond acceptors (Lipinski definition) is 2. The van der Waals surface area contributed by atoms with Crippen LogP contribution in [0.5, 0.6) is 0 Å². The van der Waals surface area contributed by atoms with Crippen LogP contribution in [0.2, 0.25) is 0 Å². The average molecular weight is 362 g/mol. The van der Waals surface area contributed by atoms with Gasteiger partial charge in [-0.2, -0.15) is 0 Å². The van der Waals surface area contributed by atoms with Crippen molar-refractivity contribution >= 4 is 22.6 Å². The summed E-state index contributed by atoms with van der Waals surface area (Å²) in [6.07, 6.45) is 2.11. The second-order valence-corrected chi connectivity index (χ2v) is 6.00. The maximum atomic E-state index is 14.1. The number of piperazine rings is 1. The fourth-order valence-electron chi connectivity index (χ4n) is 2.57. The Balaban J connectivity index is 2.24. The highest BCUT2D eigenvalue weighted by atomic mass is 127. The summed E-state index contributed by atoms with van der Waals surface area (Å²) in [6.45, 7) is 6.20. The Morgan fingerprint density at radius 3 is 2.78 bits per heavy atom. The van der Waals surface area contributed by atoms with Crippen LogP contribution in [0.3, 0.4) is 0 Å². The summed E-state index contributed by atoms with van der Waals surface area (Å²) >= 11 is 2.26. The van der Waals surface area contributed by atoms with Crippen molar-refractivity contribution in [3.63, 3.8) is 0 Å². The van der Waals surface area contributed by atoms with E-state index < -0.39 is 0 Å². The van der Waals surface area contributed by atoms with Gasteiger partial charge in [-0.25, -0.2) is 4.39 Å². The standard InChI is InChI=1S/C14H20FIN2/c1-2-3-14(18-8-6-17-7-9-18)12-10-11(16)4-5-13(12)15/h4-5,10,14,17H,2-3,6-9H2,1H3/t14-/m0/s1. The third-order valence-electron chi connectivity index (χ3n) is 3.47. The number of rotatable bonds is 4. The van der Waals surface area contributed by atoms with Crippen LogP contribution in [-0.2, 0) is 0 Å². The molecule has 1 atom stereocenters. The molecule has 0 spiro atoms. The Morgan fingerprint density at radius 1 is 1.39 bits per heavy atom. The largest absolute Gasteiger partial charge is 0.314 e. The maximum Gasteiger partial charge on any atom is 0.128 e. The van der Waals surface area contributed by atoms with Crippen LogP contribution in [0.1, 0.15) is 31.4 Å². The predicted octanol–water partition coefficient (Wildman–Crippen LogP) is 3.18. The highest BCUT2D eigenvalue weighted by Gasteiger charge is 2.23. The van der Waals surface area contributed by atoms with E-state index in [0.29, 0.717) is 0 Å². The first-order chi connectivity index (χ1) is 8.72. The zero-order valence-corrected chi connectivity index (χ0v) is 12.9. The van der Waals surface area contributed by atoms with E-state index in [4.69, 9.17) is 0 Å². The smallest absolute Gasteiger partial charge is 0.128 e. The summed E-state index contributed by atoms with van der Waals surface area (Å²) in [4.78, 5) is 2.41. The first-order valence-electron chi connectivity index (χ1n) is 6.62. The third kappa shape index (κ3) is 3.42. The summed E-state index contributed by atoms with van der Waals surface area (Å²) in [5.41, 5.74) is 0.866. The van der Waals surface area contributed by atoms with Crippen molar-refractivity contribution in [3.05, 3.63) is 33.1 Å². The minimum atomic E-state index is -0.0626. The van der Waals surface area contributed by atoms with Gasteiger partial charge in [0.2, 0.25) is 0 Å². The summed E-state index contributed by atoms with van der Waals surface area (Å²) in [5, 5.41) is 3.35. The normalized spacial score (nSPS) is 18.8. The molecule has 2 nitrogen and oxygen atoms in total. The lowest BCUT2D eigenvalue weighted by molar-refractivity contribution is 0.161. The lowest BCUT2D eigenvalue weighted by atomic mass is 9.99. The molecule has 1 N–H and O–H groups in total. The Bertz CT molecular complexity index is 391. The van der Waals surface area contributed by atoms with E-state index in [-0.39, 0.29) is 11.9 Å². The maximum absolute atomic E-state index is 14.1. The number of halogens is 2. The van der Waals surface area contributed by atoms with E-state index in [1.54, 1.807) is 6.07 Å². The van der Waals surface area contributed by atoms with Gasteiger partial charge in [0.15, 0.2) is 0 Å². The van der Waals surface area contributed by atoms with Gasteiger partial charge >= 0.3 is 0 Å². The molecule has 0 bridgehead atoms. The van der Waals surface area contributed by atoms with Gasteiger partial charge in [-0.3, -0.25) is 4.90 Å². The number of benzene rings is 1. The van der Waals surface area contributed by atoms with Crippen LogP contribution in [-0.4, -0.2) is 31.1 Å². The Morgan fingerprint density at radius 2 is 2.11 bits per heavy atom. The summed E-state index contributed by atoms with van der Waals surface area (Å²) in [5.74, 6) is -0.0626. The van der Waals surface area contributed by atoms with Gasteiger partial charge in [-0.05, 0) is 47.2 Å². The Hall–Kier alpha value is -0.200. The Labute approximate surface area is 122 Å². The predicted molar refractivity (Wildman–Crippen MR) is 81.2 cm³/mol. The fourth-order valence-corrected chi connectivity index (χ4v) is 3.09. The molecular weight excluding hydrogens is 342 g/mol. The van der Waals surface area contributed by atoms with Gasteiger partial charge in [0.05, 0.1) is 0 Å². The summed E-state index contributed by atoms with van der Waals surface area (Å²) in [6, 6.07) is 5.66. The second-order valence-electron chi connectivity index (χ2n) is 4.76. The molecule has 1 heterocycles. The monoisotopic (exact) mass is 362 g/mol. The van der Waals surface area contributed by atoms with Crippen LogP contribution >= 0.6 is 22.6 Å². The van der Waals surface area contributed by atoms with Gasteiger partial charge < -0.3 is 5.32 Å². The van der Waals surface area contributed by atoms with Gasteiger partial charge in [-0.1, -0.05) is 13.3 Å². The molecular formula is C14H20FIN2. The molecule has 1 aromatic rings. The van der Waals surface area contributed by atoms with Crippen LogP contribution < -0.4 is 5.32 Å². The summed E-state index contributed by atoms with van der Waals surface area (Å²) < 4.78 is 15.2. The molecule has 18 heavy (non-hydrogen) atoms. The van der Waals surface area contributed by atoms with Gasteiger partial charge in [-0.15, -0.1) is 0 Å². The van der Waals surface area contributed by atoms with Crippen LogP contribution in [0.15, 0.2) is 18.2 Å². The molecule has 0 aliphatic carbocycles. The zero-order valence-electron chi connectivity index (χ0n) is 10.8. The molecule has 0 saturated carbocycles. The molecule has 0 radical (unpaired) electrons. The SMILES string of the molecule is CCC[C@@H](c1cc(I)ccc1F)N1CCNCC1. The fraction of sp³-hybridized carbons (Fsp3) is 0.571. The minimum absolute atomic E-state index is 0.0626. The quantitative estimate of drug-likeness (QED) is 0.828. The minimum Gasteiger partial charge on any atom is -0.314 e. The highest BCUT2D eigenvalue weighted by Crippen LogP contribution is 2.29. The molecule has 0 amide bonds. The molecule has 1 fully saturated rings. The first-order valence-corrected chi connectivity index (χ1v) is 7.70. The molecule has 1 aliphatic rings. The average Bonchev–Trinajstić information content (AvgIpc) is 2.40. The van der Waals surface area contributed by atoms with Crippen LogP contribution in [0, 0.1) is 9.39 Å². The number of nitrogens with one attached hydrogen (secondary N) is 1. The molecule has 100 valence electrons.